The first kappa shape index (κ1) is 13.6. The summed E-state index contributed by atoms with van der Waals surface area (Å²) in [6, 6.07) is 6.90. The molecule has 100 valence electrons. The molecule has 0 spiro atoms. The van der Waals surface area contributed by atoms with Crippen molar-refractivity contribution >= 4 is 11.6 Å². The largest absolute Gasteiger partial charge is 0.497 e. The molecule has 4 nitrogen and oxygen atoms in total. The zero-order valence-electron chi connectivity index (χ0n) is 10.6. The number of hydrogen-bond donors (Lipinski definition) is 1. The van der Waals surface area contributed by atoms with Gasteiger partial charge in [-0.1, -0.05) is 11.6 Å². The first-order valence-electron chi connectivity index (χ1n) is 5.66. The number of aliphatic hydroxyl groups is 1. The molecule has 5 heteroatoms. The molecule has 0 aliphatic heterocycles. The molecule has 19 heavy (non-hydrogen) atoms. The highest BCUT2D eigenvalue weighted by atomic mass is 35.5. The topological polar surface area (TPSA) is 51.6 Å². The first-order valence-corrected chi connectivity index (χ1v) is 6.04. The smallest absolute Gasteiger partial charge is 0.122 e. The summed E-state index contributed by atoms with van der Waals surface area (Å²) < 4.78 is 10.4. The summed E-state index contributed by atoms with van der Waals surface area (Å²) >= 11 is 6.03. The van der Waals surface area contributed by atoms with E-state index in [0.29, 0.717) is 27.6 Å². The Morgan fingerprint density at radius 3 is 2.32 bits per heavy atom. The Labute approximate surface area is 116 Å². The highest BCUT2D eigenvalue weighted by Crippen LogP contribution is 2.32. The van der Waals surface area contributed by atoms with Gasteiger partial charge in [0, 0.05) is 24.0 Å². The van der Waals surface area contributed by atoms with E-state index >= 15 is 0 Å². The lowest BCUT2D eigenvalue weighted by atomic mass is 10.0. The normalized spacial score (nSPS) is 12.0. The summed E-state index contributed by atoms with van der Waals surface area (Å²) in [5, 5.41) is 10.8. The van der Waals surface area contributed by atoms with Crippen LogP contribution >= 0.6 is 11.6 Å². The maximum Gasteiger partial charge on any atom is 0.122 e. The quantitative estimate of drug-likeness (QED) is 0.935. The van der Waals surface area contributed by atoms with Gasteiger partial charge in [-0.3, -0.25) is 4.98 Å². The summed E-state index contributed by atoms with van der Waals surface area (Å²) in [6.07, 6.45) is 2.22. The number of nitrogens with zero attached hydrogens (tertiary/aromatic N) is 1. The summed E-state index contributed by atoms with van der Waals surface area (Å²) in [7, 11) is 3.12. The Morgan fingerprint density at radius 2 is 1.79 bits per heavy atom. The van der Waals surface area contributed by atoms with Crippen LogP contribution in [0.3, 0.4) is 0 Å². The maximum atomic E-state index is 10.4. The minimum absolute atomic E-state index is 0.414. The van der Waals surface area contributed by atoms with Gasteiger partial charge in [-0.2, -0.15) is 0 Å². The van der Waals surface area contributed by atoms with Crippen molar-refractivity contribution in [2.45, 2.75) is 6.10 Å². The lowest BCUT2D eigenvalue weighted by molar-refractivity contribution is 0.219. The van der Waals surface area contributed by atoms with Gasteiger partial charge in [0.2, 0.25) is 0 Å². The molecule has 1 heterocycles. The molecule has 2 aromatic rings. The number of rotatable bonds is 4. The van der Waals surface area contributed by atoms with E-state index in [2.05, 4.69) is 4.98 Å². The van der Waals surface area contributed by atoms with Gasteiger partial charge in [0.05, 0.1) is 19.2 Å². The van der Waals surface area contributed by atoms with Crippen molar-refractivity contribution in [1.82, 2.24) is 4.98 Å². The molecular formula is C14H14ClNO3. The highest BCUT2D eigenvalue weighted by molar-refractivity contribution is 6.31. The fourth-order valence-corrected chi connectivity index (χ4v) is 2.00. The molecule has 0 bridgehead atoms. The van der Waals surface area contributed by atoms with Crippen LogP contribution in [0.15, 0.2) is 36.7 Å². The average molecular weight is 280 g/mol. The second kappa shape index (κ2) is 5.91. The Bertz CT molecular complexity index is 552. The fourth-order valence-electron chi connectivity index (χ4n) is 1.77. The Morgan fingerprint density at radius 1 is 1.16 bits per heavy atom. The second-order valence-corrected chi connectivity index (χ2v) is 4.35. The van der Waals surface area contributed by atoms with Crippen molar-refractivity contribution < 1.29 is 14.6 Å². The third-order valence-corrected chi connectivity index (χ3v) is 3.10. The minimum atomic E-state index is -0.862. The van der Waals surface area contributed by atoms with E-state index in [4.69, 9.17) is 21.1 Å². The van der Waals surface area contributed by atoms with Crippen molar-refractivity contribution in [3.63, 3.8) is 0 Å². The molecule has 1 aromatic heterocycles. The monoisotopic (exact) mass is 279 g/mol. The number of aromatic nitrogens is 1. The lowest BCUT2D eigenvalue weighted by Gasteiger charge is -2.15. The van der Waals surface area contributed by atoms with Crippen LogP contribution in [0.4, 0.5) is 0 Å². The average Bonchev–Trinajstić information content (AvgIpc) is 2.46. The minimum Gasteiger partial charge on any atom is -0.497 e. The molecule has 0 aliphatic carbocycles. The second-order valence-electron chi connectivity index (χ2n) is 3.95. The van der Waals surface area contributed by atoms with Gasteiger partial charge >= 0.3 is 0 Å². The Kier molecular flexibility index (Phi) is 4.24. The first-order chi connectivity index (χ1) is 9.15. The third-order valence-electron chi connectivity index (χ3n) is 2.79. The molecule has 0 radical (unpaired) electrons. The van der Waals surface area contributed by atoms with E-state index in [-0.39, 0.29) is 0 Å². The molecule has 0 amide bonds. The Hall–Kier alpha value is -1.78. The van der Waals surface area contributed by atoms with Crippen LogP contribution in [0.25, 0.3) is 0 Å². The van der Waals surface area contributed by atoms with Gasteiger partial charge in [-0.05, 0) is 23.8 Å². The molecule has 0 fully saturated rings. The van der Waals surface area contributed by atoms with Crippen LogP contribution in [-0.2, 0) is 0 Å². The maximum absolute atomic E-state index is 10.4. The standard InChI is InChI=1S/C14H14ClNO3/c1-18-10-5-9(6-11(7-10)19-2)14(17)12-3-4-16-8-13(12)15/h3-8,14,17H,1-2H3. The summed E-state index contributed by atoms with van der Waals surface area (Å²) in [5.41, 5.74) is 1.23. The van der Waals surface area contributed by atoms with Crippen molar-refractivity contribution in [1.29, 1.82) is 0 Å². The van der Waals surface area contributed by atoms with E-state index in [1.54, 1.807) is 44.7 Å². The van der Waals surface area contributed by atoms with E-state index in [9.17, 15) is 5.11 Å². The molecular weight excluding hydrogens is 266 g/mol. The predicted octanol–water partition coefficient (Wildman–Crippen LogP) is 2.83. The van der Waals surface area contributed by atoms with Gasteiger partial charge in [0.1, 0.15) is 17.6 Å². The van der Waals surface area contributed by atoms with Crippen LogP contribution in [0, 0.1) is 0 Å². The molecule has 0 aliphatic rings. The fraction of sp³-hybridized carbons (Fsp3) is 0.214. The third kappa shape index (κ3) is 2.97. The number of hydrogen-bond acceptors (Lipinski definition) is 4. The van der Waals surface area contributed by atoms with Crippen molar-refractivity contribution in [3.8, 4) is 11.5 Å². The van der Waals surface area contributed by atoms with Gasteiger partial charge < -0.3 is 14.6 Å². The molecule has 1 atom stereocenters. The number of pyridine rings is 1. The van der Waals surface area contributed by atoms with E-state index in [1.807, 2.05) is 0 Å². The molecule has 1 aromatic carbocycles. The van der Waals surface area contributed by atoms with E-state index in [0.717, 1.165) is 0 Å². The van der Waals surface area contributed by atoms with E-state index in [1.165, 1.54) is 6.20 Å². The van der Waals surface area contributed by atoms with Crippen LogP contribution in [0.2, 0.25) is 5.02 Å². The summed E-state index contributed by atoms with van der Waals surface area (Å²) in [5.74, 6) is 1.22. The van der Waals surface area contributed by atoms with Crippen LogP contribution in [-0.4, -0.2) is 24.3 Å². The number of benzene rings is 1. The van der Waals surface area contributed by atoms with Crippen molar-refractivity contribution in [2.75, 3.05) is 14.2 Å². The van der Waals surface area contributed by atoms with Gasteiger partial charge in [-0.15, -0.1) is 0 Å². The molecule has 0 saturated heterocycles. The lowest BCUT2D eigenvalue weighted by Crippen LogP contribution is -2.02. The number of aliphatic hydroxyl groups excluding tert-OH is 1. The Balaban J connectivity index is 2.43. The van der Waals surface area contributed by atoms with Crippen LogP contribution < -0.4 is 9.47 Å². The number of ether oxygens (including phenoxy) is 2. The highest BCUT2D eigenvalue weighted by Gasteiger charge is 2.16. The zero-order valence-corrected chi connectivity index (χ0v) is 11.4. The van der Waals surface area contributed by atoms with Crippen LogP contribution in [0.5, 0.6) is 11.5 Å². The van der Waals surface area contributed by atoms with Crippen molar-refractivity contribution in [3.05, 3.63) is 52.8 Å². The summed E-state index contributed by atoms with van der Waals surface area (Å²) in [6.45, 7) is 0. The molecule has 2 rings (SSSR count). The summed E-state index contributed by atoms with van der Waals surface area (Å²) in [4.78, 5) is 3.90. The van der Waals surface area contributed by atoms with Crippen LogP contribution in [0.1, 0.15) is 17.2 Å². The van der Waals surface area contributed by atoms with E-state index < -0.39 is 6.10 Å². The molecule has 0 saturated carbocycles. The molecule has 1 N–H and O–H groups in total. The SMILES string of the molecule is COc1cc(OC)cc(C(O)c2ccncc2Cl)c1. The number of halogens is 1. The van der Waals surface area contributed by atoms with Crippen molar-refractivity contribution in [2.24, 2.45) is 0 Å². The molecule has 1 unspecified atom stereocenters. The van der Waals surface area contributed by atoms with Gasteiger partial charge in [-0.25, -0.2) is 0 Å². The number of methoxy groups -OCH3 is 2. The zero-order chi connectivity index (χ0) is 13.8. The predicted molar refractivity (Wildman–Crippen MR) is 72.9 cm³/mol. The van der Waals surface area contributed by atoms with Gasteiger partial charge in [0.15, 0.2) is 0 Å². The van der Waals surface area contributed by atoms with Gasteiger partial charge in [0.25, 0.3) is 0 Å².